The van der Waals surface area contributed by atoms with Crippen LogP contribution in [0.15, 0.2) is 36.4 Å². The van der Waals surface area contributed by atoms with Crippen molar-refractivity contribution in [2.45, 2.75) is 40.2 Å². The Bertz CT molecular complexity index is 689. The number of aryl methyl sites for hydroxylation is 3. The molecule has 2 aromatic carbocycles. The van der Waals surface area contributed by atoms with E-state index in [1.54, 1.807) is 12.1 Å². The molecule has 1 atom stereocenters. The quantitative estimate of drug-likeness (QED) is 0.879. The maximum absolute atomic E-state index is 13.7. The van der Waals surface area contributed by atoms with Gasteiger partial charge in [-0.05, 0) is 50.5 Å². The zero-order chi connectivity index (χ0) is 17.0. The van der Waals surface area contributed by atoms with Crippen molar-refractivity contribution in [3.63, 3.8) is 0 Å². The Balaban J connectivity index is 2.17. The maximum atomic E-state index is 13.7. The van der Waals surface area contributed by atoms with Crippen molar-refractivity contribution in [1.82, 2.24) is 0 Å². The van der Waals surface area contributed by atoms with Crippen molar-refractivity contribution < 1.29 is 13.9 Å². The minimum atomic E-state index is -0.744. The highest BCUT2D eigenvalue weighted by molar-refractivity contribution is 5.95. The Morgan fingerprint density at radius 3 is 2.35 bits per heavy atom. The predicted octanol–water partition coefficient (Wildman–Crippen LogP) is 4.55. The van der Waals surface area contributed by atoms with E-state index in [1.165, 1.54) is 12.1 Å². The third-order valence-electron chi connectivity index (χ3n) is 3.69. The van der Waals surface area contributed by atoms with Crippen molar-refractivity contribution >= 4 is 11.6 Å². The molecule has 0 aromatic heterocycles. The highest BCUT2D eigenvalue weighted by Crippen LogP contribution is 2.23. The molecule has 0 bridgehead atoms. The highest BCUT2D eigenvalue weighted by Gasteiger charge is 2.21. The van der Waals surface area contributed by atoms with Gasteiger partial charge in [0, 0.05) is 5.69 Å². The summed E-state index contributed by atoms with van der Waals surface area (Å²) in [5.41, 5.74) is 3.93. The topological polar surface area (TPSA) is 38.3 Å². The van der Waals surface area contributed by atoms with E-state index in [-0.39, 0.29) is 11.7 Å². The normalized spacial score (nSPS) is 11.9. The first-order chi connectivity index (χ1) is 10.9. The van der Waals surface area contributed by atoms with Crippen molar-refractivity contribution in [2.75, 3.05) is 5.32 Å². The molecule has 0 spiro atoms. The first kappa shape index (κ1) is 17.0. The number of nitrogens with one attached hydrogen (secondary N) is 1. The van der Waals surface area contributed by atoms with Crippen LogP contribution < -0.4 is 10.1 Å². The fourth-order valence-corrected chi connectivity index (χ4v) is 2.60. The fraction of sp³-hybridized carbons (Fsp3) is 0.316. The summed E-state index contributed by atoms with van der Waals surface area (Å²) in [6.45, 7) is 7.75. The first-order valence-corrected chi connectivity index (χ1v) is 7.72. The van der Waals surface area contributed by atoms with E-state index in [2.05, 4.69) is 5.32 Å². The third-order valence-corrected chi connectivity index (χ3v) is 3.69. The van der Waals surface area contributed by atoms with Gasteiger partial charge in [0.15, 0.2) is 17.7 Å². The smallest absolute Gasteiger partial charge is 0.265 e. The van der Waals surface area contributed by atoms with Crippen LogP contribution in [0.25, 0.3) is 0 Å². The van der Waals surface area contributed by atoms with Gasteiger partial charge in [0.2, 0.25) is 0 Å². The molecule has 4 heteroatoms. The number of para-hydroxylation sites is 1. The Labute approximate surface area is 136 Å². The zero-order valence-corrected chi connectivity index (χ0v) is 13.9. The minimum Gasteiger partial charge on any atom is -0.478 e. The van der Waals surface area contributed by atoms with E-state index >= 15 is 0 Å². The number of carbonyl (C=O) groups is 1. The average Bonchev–Trinajstić information content (AvgIpc) is 2.49. The molecule has 1 amide bonds. The van der Waals surface area contributed by atoms with Gasteiger partial charge in [0.1, 0.15) is 0 Å². The van der Waals surface area contributed by atoms with Gasteiger partial charge < -0.3 is 10.1 Å². The molecule has 0 aliphatic carbocycles. The van der Waals surface area contributed by atoms with Crippen LogP contribution in [0.5, 0.6) is 5.75 Å². The molecule has 0 saturated heterocycles. The molecule has 0 unspecified atom stereocenters. The Morgan fingerprint density at radius 1 is 1.17 bits per heavy atom. The first-order valence-electron chi connectivity index (χ1n) is 7.72. The molecule has 23 heavy (non-hydrogen) atoms. The van der Waals surface area contributed by atoms with Gasteiger partial charge in [-0.3, -0.25) is 4.79 Å². The lowest BCUT2D eigenvalue weighted by atomic mass is 10.0. The van der Waals surface area contributed by atoms with E-state index in [4.69, 9.17) is 4.74 Å². The lowest BCUT2D eigenvalue weighted by molar-refractivity contribution is -0.122. The highest BCUT2D eigenvalue weighted by atomic mass is 19.1. The summed E-state index contributed by atoms with van der Waals surface area (Å²) in [7, 11) is 0. The van der Waals surface area contributed by atoms with E-state index in [0.29, 0.717) is 6.42 Å². The number of benzene rings is 2. The van der Waals surface area contributed by atoms with E-state index in [0.717, 1.165) is 22.4 Å². The van der Waals surface area contributed by atoms with Crippen LogP contribution in [-0.4, -0.2) is 12.0 Å². The summed E-state index contributed by atoms with van der Waals surface area (Å²) in [4.78, 5) is 12.5. The second kappa shape index (κ2) is 7.27. The van der Waals surface area contributed by atoms with Crippen LogP contribution in [0, 0.1) is 26.6 Å². The standard InChI is InChI=1S/C19H22FNO2/c1-5-16(23-17-9-7-6-8-15(17)20)19(22)21-18-13(3)10-12(2)11-14(18)4/h6-11,16H,5H2,1-4H3,(H,21,22)/t16-/m1/s1. The van der Waals surface area contributed by atoms with Crippen molar-refractivity contribution in [2.24, 2.45) is 0 Å². The number of hydrogen-bond acceptors (Lipinski definition) is 2. The summed E-state index contributed by atoms with van der Waals surface area (Å²) in [5, 5.41) is 2.91. The number of anilines is 1. The molecule has 0 heterocycles. The third kappa shape index (κ3) is 4.09. The second-order valence-corrected chi connectivity index (χ2v) is 5.71. The summed E-state index contributed by atoms with van der Waals surface area (Å²) in [6.07, 6.45) is -0.295. The van der Waals surface area contributed by atoms with Gasteiger partial charge in [-0.1, -0.05) is 36.8 Å². The largest absolute Gasteiger partial charge is 0.478 e. The van der Waals surface area contributed by atoms with Crippen LogP contribution >= 0.6 is 0 Å². The summed E-state index contributed by atoms with van der Waals surface area (Å²) < 4.78 is 19.2. The molecule has 0 aliphatic rings. The molecule has 0 aliphatic heterocycles. The maximum Gasteiger partial charge on any atom is 0.265 e. The van der Waals surface area contributed by atoms with E-state index in [1.807, 2.05) is 39.8 Å². The summed E-state index contributed by atoms with van der Waals surface area (Å²) in [5.74, 6) is -0.654. The monoisotopic (exact) mass is 315 g/mol. The van der Waals surface area contributed by atoms with Gasteiger partial charge in [0.05, 0.1) is 0 Å². The number of rotatable bonds is 5. The number of ether oxygens (including phenoxy) is 1. The molecule has 3 nitrogen and oxygen atoms in total. The SMILES string of the molecule is CC[C@@H](Oc1ccccc1F)C(=O)Nc1c(C)cc(C)cc1C. The van der Waals surface area contributed by atoms with E-state index in [9.17, 15) is 9.18 Å². The van der Waals surface area contributed by atoms with Gasteiger partial charge in [0.25, 0.3) is 5.91 Å². The molecule has 2 rings (SSSR count). The number of hydrogen-bond donors (Lipinski definition) is 1. The number of carbonyl (C=O) groups excluding carboxylic acids is 1. The van der Waals surface area contributed by atoms with Gasteiger partial charge in [-0.25, -0.2) is 4.39 Å². The lowest BCUT2D eigenvalue weighted by Gasteiger charge is -2.19. The number of halogens is 1. The average molecular weight is 315 g/mol. The van der Waals surface area contributed by atoms with Crippen LogP contribution in [-0.2, 0) is 4.79 Å². The molecular weight excluding hydrogens is 293 g/mol. The van der Waals surface area contributed by atoms with Crippen LogP contribution in [0.4, 0.5) is 10.1 Å². The molecule has 0 saturated carbocycles. The second-order valence-electron chi connectivity index (χ2n) is 5.71. The molecule has 1 N–H and O–H groups in total. The lowest BCUT2D eigenvalue weighted by Crippen LogP contribution is -2.33. The molecule has 122 valence electrons. The number of amides is 1. The van der Waals surface area contributed by atoms with E-state index < -0.39 is 11.9 Å². The van der Waals surface area contributed by atoms with Crippen molar-refractivity contribution in [1.29, 1.82) is 0 Å². The van der Waals surface area contributed by atoms with Crippen molar-refractivity contribution in [3.8, 4) is 5.75 Å². The van der Waals surface area contributed by atoms with Crippen molar-refractivity contribution in [3.05, 3.63) is 58.9 Å². The van der Waals surface area contributed by atoms with Gasteiger partial charge in [-0.2, -0.15) is 0 Å². The molecule has 0 fully saturated rings. The fourth-order valence-electron chi connectivity index (χ4n) is 2.60. The minimum absolute atomic E-state index is 0.0897. The Kier molecular flexibility index (Phi) is 5.37. The molecular formula is C19H22FNO2. The van der Waals surface area contributed by atoms with Crippen LogP contribution in [0.2, 0.25) is 0 Å². The Hall–Kier alpha value is -2.36. The van der Waals surface area contributed by atoms with Gasteiger partial charge >= 0.3 is 0 Å². The summed E-state index contributed by atoms with van der Waals surface area (Å²) >= 11 is 0. The van der Waals surface area contributed by atoms with Gasteiger partial charge in [-0.15, -0.1) is 0 Å². The van der Waals surface area contributed by atoms with Crippen LogP contribution in [0.1, 0.15) is 30.0 Å². The molecule has 0 radical (unpaired) electrons. The molecule has 2 aromatic rings. The zero-order valence-electron chi connectivity index (χ0n) is 13.9. The predicted molar refractivity (Wildman–Crippen MR) is 90.4 cm³/mol. The summed E-state index contributed by atoms with van der Waals surface area (Å²) in [6, 6.07) is 10.1. The van der Waals surface area contributed by atoms with Crippen LogP contribution in [0.3, 0.4) is 0 Å². The Morgan fingerprint density at radius 2 is 1.78 bits per heavy atom.